The molecule has 2 aromatic carbocycles. The molecule has 4 amide bonds. The second-order valence-electron chi connectivity index (χ2n) is 22.6. The number of carbonyl (C=O) groups is 4. The molecule has 3 aliphatic heterocycles. The van der Waals surface area contributed by atoms with E-state index in [1.54, 1.807) is 33.1 Å². The summed E-state index contributed by atoms with van der Waals surface area (Å²) in [5.41, 5.74) is 1.36. The normalized spacial score (nSPS) is 21.2. The van der Waals surface area contributed by atoms with Gasteiger partial charge < -0.3 is 58.1 Å². The van der Waals surface area contributed by atoms with Crippen LogP contribution in [0.5, 0.6) is 0 Å². The molecule has 414 valence electrons. The summed E-state index contributed by atoms with van der Waals surface area (Å²) in [5.74, 6) is 1.94. The quantitative estimate of drug-likeness (QED) is 0.101. The first-order valence-electron chi connectivity index (χ1n) is 27.0. The molecule has 0 spiro atoms. The Bertz CT molecular complexity index is 1950. The molecule has 1 aliphatic carbocycles. The third-order valence-corrected chi connectivity index (χ3v) is 13.2. The zero-order valence-corrected chi connectivity index (χ0v) is 46.6. The van der Waals surface area contributed by atoms with Crippen molar-refractivity contribution in [1.82, 2.24) is 19.6 Å². The predicted molar refractivity (Wildman–Crippen MR) is 288 cm³/mol. The number of aliphatic hydroxyl groups excluding tert-OH is 2. The number of carbonyl (C=O) groups excluding carboxylic acids is 4. The van der Waals surface area contributed by atoms with Gasteiger partial charge in [0, 0.05) is 54.4 Å². The lowest BCUT2D eigenvalue weighted by Gasteiger charge is -2.33. The van der Waals surface area contributed by atoms with Crippen LogP contribution in [0.15, 0.2) is 72.8 Å². The highest BCUT2D eigenvalue weighted by atomic mass is 16.7. The highest BCUT2D eigenvalue weighted by molar-refractivity contribution is 6.46. The number of allylic oxidation sites excluding steroid dienone is 1. The zero-order chi connectivity index (χ0) is 54.4. The Morgan fingerprint density at radius 1 is 0.703 bits per heavy atom. The molecular formula is C57H91BN4O12. The summed E-state index contributed by atoms with van der Waals surface area (Å²) in [5, 5.41) is 20.3. The molecule has 0 radical (unpaired) electrons. The lowest BCUT2D eigenvalue weighted by atomic mass is 9.83. The number of hydrogen-bond donors (Lipinski definition) is 2. The van der Waals surface area contributed by atoms with Crippen molar-refractivity contribution in [3.63, 3.8) is 0 Å². The minimum atomic E-state index is -0.841. The molecule has 4 fully saturated rings. The van der Waals surface area contributed by atoms with Gasteiger partial charge >= 0.3 is 19.3 Å². The molecular weight excluding hydrogens is 943 g/mol. The lowest BCUT2D eigenvalue weighted by molar-refractivity contribution is -0.146. The molecule has 16 nitrogen and oxygen atoms in total. The smallest absolute Gasteiger partial charge is 0.444 e. The van der Waals surface area contributed by atoms with Crippen molar-refractivity contribution in [2.45, 2.75) is 161 Å². The summed E-state index contributed by atoms with van der Waals surface area (Å²) < 4.78 is 33.3. The Morgan fingerprint density at radius 3 is 1.58 bits per heavy atom. The van der Waals surface area contributed by atoms with Gasteiger partial charge in [-0.2, -0.15) is 0 Å². The van der Waals surface area contributed by atoms with Gasteiger partial charge in [-0.05, 0) is 128 Å². The molecule has 6 atom stereocenters. The number of piperidine rings is 2. The third kappa shape index (κ3) is 23.2. The second kappa shape index (κ2) is 30.9. The van der Waals surface area contributed by atoms with Crippen molar-refractivity contribution in [2.24, 2.45) is 23.7 Å². The molecule has 74 heavy (non-hydrogen) atoms. The number of aliphatic hydroxyl groups is 2. The molecule has 1 saturated carbocycles. The van der Waals surface area contributed by atoms with Crippen LogP contribution in [0.4, 0.5) is 9.59 Å². The molecule has 2 N–H and O–H groups in total. The fourth-order valence-corrected chi connectivity index (χ4v) is 9.14. The Kier molecular flexibility index (Phi) is 25.9. The molecule has 2 aromatic rings. The van der Waals surface area contributed by atoms with E-state index in [0.717, 1.165) is 69.2 Å². The van der Waals surface area contributed by atoms with Crippen LogP contribution in [0.1, 0.15) is 117 Å². The molecule has 0 aromatic heterocycles. The van der Waals surface area contributed by atoms with E-state index in [2.05, 4.69) is 13.0 Å². The standard InChI is InChI=1S/C23H35NO4.C22H33NO4.C12H23BN2O4/c1-23(2,3)28-22(26)24-11-9-18(10-12-24)21-14-19(21)13-20(25)16-27-15-17-7-5-4-6-8-17;1-22(2,3)27-21(25)23-14-12-18(13-15-23)10-7-11-20(24)17-26-16-19-8-5-4-6-9-19;1-6-7-8-13-18-9(11(16)14(2)3)10(19-13)12(17)15(4)5/h4-8,18-21,25H,9-16H2,1-3H3;4-10,18,20,24H,11-17H2,1-3H3;9-10H,6-8H2,1-5H3/b;10-7-;/t19?,20-,21?;20-;9-,10-/m110/s1. The van der Waals surface area contributed by atoms with Crippen LogP contribution in [0, 0.1) is 23.7 Å². The van der Waals surface area contributed by atoms with E-state index in [-0.39, 0.29) is 30.1 Å². The minimum Gasteiger partial charge on any atom is -0.444 e. The fraction of sp³-hybridized carbons (Fsp3) is 0.684. The van der Waals surface area contributed by atoms with Crippen molar-refractivity contribution < 1.29 is 57.6 Å². The number of amides is 4. The van der Waals surface area contributed by atoms with Gasteiger partial charge in [0.05, 0.1) is 38.6 Å². The summed E-state index contributed by atoms with van der Waals surface area (Å²) in [6, 6.07) is 20.0. The van der Waals surface area contributed by atoms with Gasteiger partial charge in [0.1, 0.15) is 11.2 Å². The van der Waals surface area contributed by atoms with Crippen LogP contribution in [-0.2, 0) is 51.1 Å². The van der Waals surface area contributed by atoms with E-state index < -0.39 is 36.6 Å². The van der Waals surface area contributed by atoms with Crippen LogP contribution in [-0.4, -0.2) is 164 Å². The van der Waals surface area contributed by atoms with Gasteiger partial charge in [0.15, 0.2) is 12.2 Å². The first-order valence-corrected chi connectivity index (χ1v) is 27.0. The molecule has 2 unspecified atom stereocenters. The number of benzene rings is 2. The SMILES string of the molecule is CC(C)(C)OC(=O)N1CCC(/C=C\C[C@@H](O)COCc2ccccc2)CC1.CC(C)(C)OC(=O)N1CCC(C2CC2C[C@@H](O)COCc2ccccc2)CC1.CCCCB1O[C@H](C(=O)N(C)C)[C@@H](C(=O)N(C)C)O1. The third-order valence-electron chi connectivity index (χ3n) is 13.2. The van der Waals surface area contributed by atoms with Crippen molar-refractivity contribution in [3.8, 4) is 0 Å². The lowest BCUT2D eigenvalue weighted by Crippen LogP contribution is -2.47. The van der Waals surface area contributed by atoms with Gasteiger partial charge in [-0.25, -0.2) is 9.59 Å². The van der Waals surface area contributed by atoms with Crippen LogP contribution < -0.4 is 0 Å². The van der Waals surface area contributed by atoms with Crippen LogP contribution >= 0.6 is 0 Å². The average molecular weight is 1040 g/mol. The van der Waals surface area contributed by atoms with Crippen LogP contribution in [0.3, 0.4) is 0 Å². The van der Waals surface area contributed by atoms with E-state index >= 15 is 0 Å². The van der Waals surface area contributed by atoms with E-state index in [1.165, 1.54) is 16.2 Å². The van der Waals surface area contributed by atoms with Crippen molar-refractivity contribution in [2.75, 3.05) is 67.6 Å². The van der Waals surface area contributed by atoms with Crippen molar-refractivity contribution in [1.29, 1.82) is 0 Å². The Morgan fingerprint density at radius 2 is 1.15 bits per heavy atom. The summed E-state index contributed by atoms with van der Waals surface area (Å²) in [4.78, 5) is 54.8. The van der Waals surface area contributed by atoms with Gasteiger partial charge in [-0.3, -0.25) is 9.59 Å². The summed E-state index contributed by atoms with van der Waals surface area (Å²) in [7, 11) is 6.09. The molecule has 3 saturated heterocycles. The predicted octanol–water partition coefficient (Wildman–Crippen LogP) is 8.63. The maximum atomic E-state index is 12.2. The molecule has 0 bridgehead atoms. The van der Waals surface area contributed by atoms with Gasteiger partial charge in [-0.15, -0.1) is 0 Å². The highest BCUT2D eigenvalue weighted by Gasteiger charge is 2.48. The molecule has 17 heteroatoms. The molecule has 3 heterocycles. The summed E-state index contributed by atoms with van der Waals surface area (Å²) in [6.07, 6.45) is 10.4. The first kappa shape index (κ1) is 62.0. The van der Waals surface area contributed by atoms with Crippen molar-refractivity contribution >= 4 is 31.1 Å². The zero-order valence-electron chi connectivity index (χ0n) is 46.6. The summed E-state index contributed by atoms with van der Waals surface area (Å²) >= 11 is 0. The monoisotopic (exact) mass is 1030 g/mol. The number of ether oxygens (including phenoxy) is 4. The Hall–Kier alpha value is -4.52. The van der Waals surface area contributed by atoms with Crippen LogP contribution in [0.2, 0.25) is 6.32 Å². The van der Waals surface area contributed by atoms with Crippen molar-refractivity contribution in [3.05, 3.63) is 83.9 Å². The van der Waals surface area contributed by atoms with E-state index in [4.69, 9.17) is 28.3 Å². The maximum Gasteiger partial charge on any atom is 0.458 e. The second-order valence-corrected chi connectivity index (χ2v) is 22.6. The average Bonchev–Trinajstić information content (AvgIpc) is 3.99. The number of unbranched alkanes of at least 4 members (excludes halogenated alkanes) is 1. The van der Waals surface area contributed by atoms with E-state index in [1.807, 2.05) is 113 Å². The minimum absolute atomic E-state index is 0.190. The topological polar surface area (TPSA) is 177 Å². The van der Waals surface area contributed by atoms with E-state index in [9.17, 15) is 29.4 Å². The number of likely N-dealkylation sites (tertiary alicyclic amines) is 2. The number of hydrogen-bond acceptors (Lipinski definition) is 12. The van der Waals surface area contributed by atoms with E-state index in [0.29, 0.717) is 75.9 Å². The van der Waals surface area contributed by atoms with Gasteiger partial charge in [0.2, 0.25) is 0 Å². The maximum absolute atomic E-state index is 12.2. The number of likely N-dealkylation sites (N-methyl/N-ethyl adjacent to an activating group) is 2. The molecule has 6 rings (SSSR count). The Labute approximate surface area is 443 Å². The Balaban J connectivity index is 0.000000245. The summed E-state index contributed by atoms with van der Waals surface area (Å²) in [6.45, 7) is 18.2. The molecule has 4 aliphatic rings. The number of nitrogens with zero attached hydrogens (tertiary/aromatic N) is 4. The number of rotatable bonds is 19. The largest absolute Gasteiger partial charge is 0.458 e. The fourth-order valence-electron chi connectivity index (χ4n) is 9.14. The first-order chi connectivity index (χ1) is 35.0. The highest BCUT2D eigenvalue weighted by Crippen LogP contribution is 2.50. The van der Waals surface area contributed by atoms with Gasteiger partial charge in [0.25, 0.3) is 11.8 Å². The van der Waals surface area contributed by atoms with Crippen LogP contribution in [0.25, 0.3) is 0 Å². The van der Waals surface area contributed by atoms with Gasteiger partial charge in [-0.1, -0.05) is 92.6 Å².